The molecular formula is C9H10O2S. The predicted molar refractivity (Wildman–Crippen MR) is 48.4 cm³/mol. The molecule has 0 unspecified atom stereocenters. The molecule has 0 aliphatic heterocycles. The molecule has 1 aromatic carbocycles. The molecule has 12 heavy (non-hydrogen) atoms. The van der Waals surface area contributed by atoms with Crippen LogP contribution in [-0.2, 0) is 9.84 Å². The zero-order valence-corrected chi connectivity index (χ0v) is 7.64. The molecule has 1 aromatic rings. The van der Waals surface area contributed by atoms with E-state index in [1.165, 1.54) is 6.92 Å². The lowest BCUT2D eigenvalue weighted by Gasteiger charge is -2.01. The van der Waals surface area contributed by atoms with Gasteiger partial charge in [0, 0.05) is 4.91 Å². The van der Waals surface area contributed by atoms with Gasteiger partial charge in [0.25, 0.3) is 0 Å². The van der Waals surface area contributed by atoms with Gasteiger partial charge in [0.15, 0.2) is 0 Å². The van der Waals surface area contributed by atoms with E-state index in [4.69, 9.17) is 0 Å². The van der Waals surface area contributed by atoms with Crippen LogP contribution in [0.1, 0.15) is 6.92 Å². The number of hydrogen-bond donors (Lipinski definition) is 0. The van der Waals surface area contributed by atoms with Crippen molar-refractivity contribution in [1.82, 2.24) is 0 Å². The van der Waals surface area contributed by atoms with Gasteiger partial charge in [0.1, 0.15) is 0 Å². The van der Waals surface area contributed by atoms with Crippen LogP contribution in [0.15, 0.2) is 46.7 Å². The van der Waals surface area contributed by atoms with Gasteiger partial charge in [0.2, 0.25) is 9.84 Å². The SMILES string of the molecule is C=C(C)S(=O)(=O)c1cccc[13cH]1. The Balaban J connectivity index is 3.26. The molecular weight excluding hydrogens is 173 g/mol. The van der Waals surface area contributed by atoms with Gasteiger partial charge in [-0.1, -0.05) is 24.8 Å². The van der Waals surface area contributed by atoms with Crippen LogP contribution in [0.5, 0.6) is 0 Å². The van der Waals surface area contributed by atoms with Crippen molar-refractivity contribution < 1.29 is 8.42 Å². The minimum atomic E-state index is -3.27. The highest BCUT2D eigenvalue weighted by atomic mass is 32.2. The maximum absolute atomic E-state index is 11.4. The second-order valence-corrected chi connectivity index (χ2v) is 4.69. The second kappa shape index (κ2) is 3.11. The molecule has 0 saturated heterocycles. The minimum Gasteiger partial charge on any atom is -0.219 e. The summed E-state index contributed by atoms with van der Waals surface area (Å²) in [5, 5.41) is 0. The van der Waals surface area contributed by atoms with Gasteiger partial charge in [-0.3, -0.25) is 0 Å². The fourth-order valence-corrected chi connectivity index (χ4v) is 1.72. The van der Waals surface area contributed by atoms with E-state index in [-0.39, 0.29) is 4.91 Å². The Hall–Kier alpha value is -1.09. The summed E-state index contributed by atoms with van der Waals surface area (Å²) in [6.07, 6.45) is 0. The van der Waals surface area contributed by atoms with Gasteiger partial charge >= 0.3 is 0 Å². The van der Waals surface area contributed by atoms with E-state index in [1.807, 2.05) is 0 Å². The van der Waals surface area contributed by atoms with Crippen molar-refractivity contribution in [2.75, 3.05) is 0 Å². The van der Waals surface area contributed by atoms with E-state index in [2.05, 4.69) is 6.58 Å². The largest absolute Gasteiger partial charge is 0.219 e. The lowest BCUT2D eigenvalue weighted by molar-refractivity contribution is 0.602. The molecule has 1 rings (SSSR count). The van der Waals surface area contributed by atoms with E-state index in [0.717, 1.165) is 0 Å². The van der Waals surface area contributed by atoms with Crippen molar-refractivity contribution in [2.24, 2.45) is 0 Å². The van der Waals surface area contributed by atoms with Gasteiger partial charge in [-0.05, 0) is 19.1 Å². The van der Waals surface area contributed by atoms with Gasteiger partial charge < -0.3 is 0 Å². The first kappa shape index (κ1) is 9.00. The van der Waals surface area contributed by atoms with Crippen LogP contribution in [0.2, 0.25) is 0 Å². The van der Waals surface area contributed by atoms with E-state index in [0.29, 0.717) is 4.90 Å². The third kappa shape index (κ3) is 1.56. The topological polar surface area (TPSA) is 34.1 Å². The maximum Gasteiger partial charge on any atom is 0.201 e. The first-order valence-corrected chi connectivity index (χ1v) is 4.99. The highest BCUT2D eigenvalue weighted by Crippen LogP contribution is 2.15. The van der Waals surface area contributed by atoms with Crippen LogP contribution in [0.4, 0.5) is 0 Å². The van der Waals surface area contributed by atoms with E-state index >= 15 is 0 Å². The van der Waals surface area contributed by atoms with Crippen LogP contribution >= 0.6 is 0 Å². The Morgan fingerprint density at radius 2 is 1.75 bits per heavy atom. The molecule has 0 aliphatic rings. The molecule has 64 valence electrons. The Morgan fingerprint density at radius 1 is 1.25 bits per heavy atom. The fourth-order valence-electron chi connectivity index (χ4n) is 0.801. The van der Waals surface area contributed by atoms with Crippen molar-refractivity contribution in [3.05, 3.63) is 41.8 Å². The summed E-state index contributed by atoms with van der Waals surface area (Å²) in [6.45, 7) is 4.90. The van der Waals surface area contributed by atoms with Crippen molar-refractivity contribution in [3.63, 3.8) is 0 Å². The first-order chi connectivity index (χ1) is 5.55. The number of rotatable bonds is 2. The molecule has 0 heterocycles. The van der Waals surface area contributed by atoms with Crippen LogP contribution in [0, 0.1) is 0 Å². The third-order valence-electron chi connectivity index (χ3n) is 1.51. The lowest BCUT2D eigenvalue weighted by atomic mass is 10.5. The van der Waals surface area contributed by atoms with Gasteiger partial charge in [-0.2, -0.15) is 0 Å². The van der Waals surface area contributed by atoms with Crippen molar-refractivity contribution in [3.8, 4) is 0 Å². The smallest absolute Gasteiger partial charge is 0.201 e. The Labute approximate surface area is 72.5 Å². The van der Waals surface area contributed by atoms with Crippen LogP contribution in [-0.4, -0.2) is 8.42 Å². The zero-order chi connectivity index (χ0) is 9.19. The Kier molecular flexibility index (Phi) is 2.33. The molecule has 0 atom stereocenters. The molecule has 0 aliphatic carbocycles. The second-order valence-electron chi connectivity index (χ2n) is 2.52. The first-order valence-electron chi connectivity index (χ1n) is 3.51. The number of sulfone groups is 1. The fraction of sp³-hybridized carbons (Fsp3) is 0.111. The summed E-state index contributed by atoms with van der Waals surface area (Å²) in [4.78, 5) is 0.478. The van der Waals surface area contributed by atoms with Crippen LogP contribution in [0.25, 0.3) is 0 Å². The van der Waals surface area contributed by atoms with Crippen molar-refractivity contribution in [2.45, 2.75) is 11.8 Å². The minimum absolute atomic E-state index is 0.175. The Bertz CT molecular complexity index is 376. The van der Waals surface area contributed by atoms with Gasteiger partial charge in [0.05, 0.1) is 4.90 Å². The quantitative estimate of drug-likeness (QED) is 0.702. The molecule has 3 heteroatoms. The highest BCUT2D eigenvalue weighted by molar-refractivity contribution is 7.95. The van der Waals surface area contributed by atoms with E-state index in [9.17, 15) is 8.42 Å². The summed E-state index contributed by atoms with van der Waals surface area (Å²) in [7, 11) is -3.27. The van der Waals surface area contributed by atoms with E-state index in [1.54, 1.807) is 30.3 Å². The average molecular weight is 183 g/mol. The number of hydrogen-bond acceptors (Lipinski definition) is 2. The summed E-state index contributed by atoms with van der Waals surface area (Å²) in [6, 6.07) is 8.27. The molecule has 0 spiro atoms. The zero-order valence-electron chi connectivity index (χ0n) is 6.82. The third-order valence-corrected chi connectivity index (χ3v) is 3.32. The predicted octanol–water partition coefficient (Wildman–Crippen LogP) is 1.99. The summed E-state index contributed by atoms with van der Waals surface area (Å²) < 4.78 is 22.9. The highest BCUT2D eigenvalue weighted by Gasteiger charge is 2.13. The molecule has 0 fully saturated rings. The summed E-state index contributed by atoms with van der Waals surface area (Å²) in [5.41, 5.74) is 0. The summed E-state index contributed by atoms with van der Waals surface area (Å²) in [5.74, 6) is 0. The standard InChI is InChI=1S/C9H10O2S/c1-8(2)12(10,11)9-6-4-3-5-7-9/h3-7H,1H2,2H3/i6+1. The number of benzene rings is 1. The van der Waals surface area contributed by atoms with Crippen molar-refractivity contribution >= 4 is 9.84 Å². The molecule has 0 radical (unpaired) electrons. The lowest BCUT2D eigenvalue weighted by Crippen LogP contribution is -2.00. The van der Waals surface area contributed by atoms with E-state index < -0.39 is 9.84 Å². The normalized spacial score (nSPS) is 11.1. The molecule has 2 nitrogen and oxygen atoms in total. The monoisotopic (exact) mass is 183 g/mol. The molecule has 0 N–H and O–H groups in total. The van der Waals surface area contributed by atoms with Crippen LogP contribution < -0.4 is 0 Å². The molecule has 0 amide bonds. The van der Waals surface area contributed by atoms with Gasteiger partial charge in [-0.25, -0.2) is 8.42 Å². The molecule has 0 bridgehead atoms. The molecule has 0 saturated carbocycles. The Morgan fingerprint density at radius 3 is 2.17 bits per heavy atom. The maximum atomic E-state index is 11.4. The summed E-state index contributed by atoms with van der Waals surface area (Å²) >= 11 is 0. The number of allylic oxidation sites excluding steroid dienone is 1. The average Bonchev–Trinajstić information content (AvgIpc) is 2.06. The molecule has 0 aromatic heterocycles. The van der Waals surface area contributed by atoms with Crippen LogP contribution in [0.3, 0.4) is 0 Å². The van der Waals surface area contributed by atoms with Crippen molar-refractivity contribution in [1.29, 1.82) is 0 Å². The van der Waals surface area contributed by atoms with Gasteiger partial charge in [-0.15, -0.1) is 0 Å².